The van der Waals surface area contributed by atoms with Gasteiger partial charge in [0.15, 0.2) is 0 Å². The first kappa shape index (κ1) is 15.0. The Balaban J connectivity index is 2.26. The Morgan fingerprint density at radius 1 is 1.38 bits per heavy atom. The van der Waals surface area contributed by atoms with Crippen molar-refractivity contribution in [2.75, 3.05) is 10.7 Å². The Kier molecular flexibility index (Phi) is 4.52. The van der Waals surface area contributed by atoms with Crippen molar-refractivity contribution in [2.24, 2.45) is 5.84 Å². The van der Waals surface area contributed by atoms with E-state index in [1.165, 1.54) is 0 Å². The van der Waals surface area contributed by atoms with Gasteiger partial charge in [0.25, 0.3) is 5.91 Å². The Hall–Kier alpha value is -2.43. The number of benzene rings is 1. The maximum absolute atomic E-state index is 12.2. The molecule has 0 saturated heterocycles. The van der Waals surface area contributed by atoms with Crippen LogP contribution >= 0.6 is 15.9 Å². The molecule has 1 aromatic heterocycles. The zero-order valence-electron chi connectivity index (χ0n) is 11.1. The van der Waals surface area contributed by atoms with E-state index in [0.717, 1.165) is 0 Å². The second kappa shape index (κ2) is 6.35. The number of halogens is 1. The van der Waals surface area contributed by atoms with Crippen LogP contribution in [-0.2, 0) is 0 Å². The lowest BCUT2D eigenvalue weighted by Crippen LogP contribution is -2.15. The van der Waals surface area contributed by atoms with Crippen molar-refractivity contribution in [1.82, 2.24) is 4.98 Å². The van der Waals surface area contributed by atoms with Gasteiger partial charge in [-0.1, -0.05) is 0 Å². The number of rotatable bonds is 3. The summed E-state index contributed by atoms with van der Waals surface area (Å²) in [4.78, 5) is 16.4. The van der Waals surface area contributed by atoms with Crippen molar-refractivity contribution in [3.63, 3.8) is 0 Å². The average Bonchev–Trinajstić information content (AvgIpc) is 2.48. The van der Waals surface area contributed by atoms with E-state index >= 15 is 0 Å². The molecule has 106 valence electrons. The topological polar surface area (TPSA) is 104 Å². The molecule has 0 radical (unpaired) electrons. The third-order valence-corrected chi connectivity index (χ3v) is 3.37. The second-order valence-corrected chi connectivity index (χ2v) is 5.14. The Morgan fingerprint density at radius 3 is 2.76 bits per heavy atom. The second-order valence-electron chi connectivity index (χ2n) is 4.29. The smallest absolute Gasteiger partial charge is 0.255 e. The average molecular weight is 346 g/mol. The summed E-state index contributed by atoms with van der Waals surface area (Å²) in [6.07, 6.45) is 0. The molecule has 0 aliphatic carbocycles. The number of hydrazine groups is 1. The summed E-state index contributed by atoms with van der Waals surface area (Å²) in [5, 5.41) is 11.6. The molecule has 2 rings (SSSR count). The molecular formula is C14H12BrN5O. The lowest BCUT2D eigenvalue weighted by molar-refractivity contribution is 0.102. The van der Waals surface area contributed by atoms with Crippen LogP contribution in [0.1, 0.15) is 21.6 Å². The van der Waals surface area contributed by atoms with Gasteiger partial charge in [-0.05, 0) is 53.2 Å². The van der Waals surface area contributed by atoms with Crippen molar-refractivity contribution in [3.05, 3.63) is 51.6 Å². The van der Waals surface area contributed by atoms with Crippen LogP contribution in [0.15, 0.2) is 34.8 Å². The Labute approximate surface area is 130 Å². The molecule has 21 heavy (non-hydrogen) atoms. The Bertz CT molecular complexity index is 739. The number of anilines is 2. The summed E-state index contributed by atoms with van der Waals surface area (Å²) in [5.74, 6) is 5.44. The van der Waals surface area contributed by atoms with Crippen LogP contribution in [0.4, 0.5) is 11.5 Å². The van der Waals surface area contributed by atoms with Crippen molar-refractivity contribution in [1.29, 1.82) is 5.26 Å². The fourth-order valence-electron chi connectivity index (χ4n) is 1.75. The van der Waals surface area contributed by atoms with Crippen molar-refractivity contribution < 1.29 is 4.79 Å². The highest BCUT2D eigenvalue weighted by molar-refractivity contribution is 9.10. The number of nitrogen functional groups attached to an aromatic ring is 1. The number of carbonyl (C=O) groups excluding carboxylic acids is 1. The minimum atomic E-state index is -0.289. The van der Waals surface area contributed by atoms with E-state index in [1.54, 1.807) is 37.3 Å². The molecule has 0 aliphatic heterocycles. The number of carbonyl (C=O) groups is 1. The molecule has 7 heteroatoms. The van der Waals surface area contributed by atoms with Crippen LogP contribution in [0.25, 0.3) is 0 Å². The normalized spacial score (nSPS) is 9.81. The van der Waals surface area contributed by atoms with E-state index in [1.807, 2.05) is 6.07 Å². The molecule has 6 nitrogen and oxygen atoms in total. The number of nitrogens with two attached hydrogens (primary N) is 1. The number of pyridine rings is 1. The third kappa shape index (κ3) is 3.56. The Morgan fingerprint density at radius 2 is 2.14 bits per heavy atom. The largest absolute Gasteiger partial charge is 0.321 e. The summed E-state index contributed by atoms with van der Waals surface area (Å²) >= 11 is 3.32. The minimum Gasteiger partial charge on any atom is -0.321 e. The first-order valence-corrected chi connectivity index (χ1v) is 6.79. The van der Waals surface area contributed by atoms with Crippen molar-refractivity contribution >= 4 is 33.3 Å². The van der Waals surface area contributed by atoms with E-state index in [0.29, 0.717) is 32.8 Å². The molecule has 4 N–H and O–H groups in total. The molecule has 0 aliphatic rings. The van der Waals surface area contributed by atoms with E-state index in [-0.39, 0.29) is 5.91 Å². The standard InChI is InChI=1S/C14H12BrN5O/c1-8-4-10(6-13(18-8)20-17)14(21)19-12-3-2-9(7-16)5-11(12)15/h2-6H,17H2,1H3,(H,18,20)(H,19,21). The number of aromatic nitrogens is 1. The number of aryl methyl sites for hydroxylation is 1. The summed E-state index contributed by atoms with van der Waals surface area (Å²) in [5.41, 5.74) is 4.62. The lowest BCUT2D eigenvalue weighted by atomic mass is 10.2. The van der Waals surface area contributed by atoms with Crippen LogP contribution in [0.5, 0.6) is 0 Å². The molecule has 0 unspecified atom stereocenters. The fraction of sp³-hybridized carbons (Fsp3) is 0.0714. The summed E-state index contributed by atoms with van der Waals surface area (Å²) < 4.78 is 0.637. The van der Waals surface area contributed by atoms with Crippen LogP contribution in [0, 0.1) is 18.3 Å². The summed E-state index contributed by atoms with van der Waals surface area (Å²) in [7, 11) is 0. The fourth-order valence-corrected chi connectivity index (χ4v) is 2.23. The molecule has 0 saturated carbocycles. The van der Waals surface area contributed by atoms with E-state index in [2.05, 4.69) is 31.7 Å². The van der Waals surface area contributed by atoms with E-state index in [4.69, 9.17) is 11.1 Å². The summed E-state index contributed by atoms with van der Waals surface area (Å²) in [6.45, 7) is 1.77. The zero-order chi connectivity index (χ0) is 15.4. The van der Waals surface area contributed by atoms with Gasteiger partial charge in [-0.15, -0.1) is 0 Å². The van der Waals surface area contributed by atoms with Crippen LogP contribution in [-0.4, -0.2) is 10.9 Å². The predicted molar refractivity (Wildman–Crippen MR) is 83.6 cm³/mol. The molecule has 1 aromatic carbocycles. The highest BCUT2D eigenvalue weighted by atomic mass is 79.9. The van der Waals surface area contributed by atoms with Crippen LogP contribution in [0.3, 0.4) is 0 Å². The molecule has 0 atom stereocenters. The molecule has 1 heterocycles. The van der Waals surface area contributed by atoms with E-state index < -0.39 is 0 Å². The van der Waals surface area contributed by atoms with E-state index in [9.17, 15) is 4.79 Å². The number of hydrogen-bond donors (Lipinski definition) is 3. The van der Waals surface area contributed by atoms with Gasteiger partial charge in [0.2, 0.25) is 0 Å². The highest BCUT2D eigenvalue weighted by Gasteiger charge is 2.11. The van der Waals surface area contributed by atoms with Crippen molar-refractivity contribution in [2.45, 2.75) is 6.92 Å². The quantitative estimate of drug-likeness (QED) is 0.585. The molecular weight excluding hydrogens is 334 g/mol. The maximum atomic E-state index is 12.2. The SMILES string of the molecule is Cc1cc(C(=O)Nc2ccc(C#N)cc2Br)cc(NN)n1. The molecule has 2 aromatic rings. The van der Waals surface area contributed by atoms with Gasteiger partial charge in [0, 0.05) is 15.7 Å². The number of hydrogen-bond acceptors (Lipinski definition) is 5. The summed E-state index contributed by atoms with van der Waals surface area (Å²) in [6, 6.07) is 10.2. The van der Waals surface area contributed by atoms with Crippen LogP contribution < -0.4 is 16.6 Å². The van der Waals surface area contributed by atoms with Gasteiger partial charge < -0.3 is 10.7 Å². The first-order chi connectivity index (χ1) is 10.0. The zero-order valence-corrected chi connectivity index (χ0v) is 12.7. The number of nitriles is 1. The van der Waals surface area contributed by atoms with Gasteiger partial charge in [-0.3, -0.25) is 4.79 Å². The van der Waals surface area contributed by atoms with Gasteiger partial charge in [0.1, 0.15) is 5.82 Å². The highest BCUT2D eigenvalue weighted by Crippen LogP contribution is 2.24. The molecule has 1 amide bonds. The number of amides is 1. The number of nitrogens with one attached hydrogen (secondary N) is 2. The maximum Gasteiger partial charge on any atom is 0.255 e. The monoisotopic (exact) mass is 345 g/mol. The molecule has 0 fully saturated rings. The lowest BCUT2D eigenvalue weighted by Gasteiger charge is -2.09. The minimum absolute atomic E-state index is 0.289. The molecule has 0 bridgehead atoms. The van der Waals surface area contributed by atoms with Gasteiger partial charge in [-0.25, -0.2) is 10.8 Å². The van der Waals surface area contributed by atoms with Crippen LogP contribution in [0.2, 0.25) is 0 Å². The predicted octanol–water partition coefficient (Wildman–Crippen LogP) is 2.56. The first-order valence-electron chi connectivity index (χ1n) is 6.00. The molecule has 0 spiro atoms. The van der Waals surface area contributed by atoms with Gasteiger partial charge >= 0.3 is 0 Å². The van der Waals surface area contributed by atoms with Gasteiger partial charge in [0.05, 0.1) is 17.3 Å². The van der Waals surface area contributed by atoms with Crippen molar-refractivity contribution in [3.8, 4) is 6.07 Å². The number of nitrogens with zero attached hydrogens (tertiary/aromatic N) is 2. The van der Waals surface area contributed by atoms with Gasteiger partial charge in [-0.2, -0.15) is 5.26 Å². The third-order valence-electron chi connectivity index (χ3n) is 2.71.